The number of aromatic nitrogens is 2. The van der Waals surface area contributed by atoms with Crippen LogP contribution < -0.4 is 10.6 Å². The largest absolute Gasteiger partial charge is 0.352 e. The average molecular weight is 401 g/mol. The SMILES string of the molecule is CSc1ccc(C[C@]2(CCC(=O)NCc3cn(C)nc3C)CCC(=O)N2)cc1. The molecule has 1 aliphatic heterocycles. The molecule has 1 aromatic carbocycles. The fraction of sp³-hybridized carbons (Fsp3) is 0.476. The van der Waals surface area contributed by atoms with Gasteiger partial charge in [0, 0.05) is 48.6 Å². The molecule has 7 heteroatoms. The second kappa shape index (κ2) is 8.82. The number of carbonyl (C=O) groups excluding carboxylic acids is 2. The molecule has 2 N–H and O–H groups in total. The summed E-state index contributed by atoms with van der Waals surface area (Å²) in [5.74, 6) is 0.0774. The predicted molar refractivity (Wildman–Crippen MR) is 111 cm³/mol. The van der Waals surface area contributed by atoms with Gasteiger partial charge in [0.1, 0.15) is 0 Å². The third-order valence-corrected chi connectivity index (χ3v) is 6.10. The van der Waals surface area contributed by atoms with Crippen LogP contribution in [-0.4, -0.2) is 33.4 Å². The minimum atomic E-state index is -0.334. The van der Waals surface area contributed by atoms with Gasteiger partial charge in [-0.25, -0.2) is 0 Å². The van der Waals surface area contributed by atoms with E-state index in [9.17, 15) is 9.59 Å². The van der Waals surface area contributed by atoms with E-state index in [0.717, 1.165) is 24.1 Å². The third-order valence-electron chi connectivity index (χ3n) is 5.36. The zero-order valence-corrected chi connectivity index (χ0v) is 17.6. The van der Waals surface area contributed by atoms with Crippen LogP contribution in [0.1, 0.15) is 42.5 Å². The first kappa shape index (κ1) is 20.5. The number of thioether (sulfide) groups is 1. The molecule has 1 fully saturated rings. The number of amides is 2. The van der Waals surface area contributed by atoms with Crippen LogP contribution in [0.4, 0.5) is 0 Å². The van der Waals surface area contributed by atoms with E-state index in [1.54, 1.807) is 16.4 Å². The van der Waals surface area contributed by atoms with Gasteiger partial charge in [-0.05, 0) is 50.1 Å². The number of nitrogens with one attached hydrogen (secondary N) is 2. The molecule has 2 heterocycles. The number of hydrogen-bond donors (Lipinski definition) is 2. The zero-order valence-electron chi connectivity index (χ0n) is 16.7. The van der Waals surface area contributed by atoms with Crippen molar-refractivity contribution >= 4 is 23.6 Å². The zero-order chi connectivity index (χ0) is 20.1. The lowest BCUT2D eigenvalue weighted by molar-refractivity contribution is -0.122. The van der Waals surface area contributed by atoms with Gasteiger partial charge in [0.2, 0.25) is 11.8 Å². The highest BCUT2D eigenvalue weighted by Gasteiger charge is 2.37. The molecule has 2 aromatic rings. The van der Waals surface area contributed by atoms with Gasteiger partial charge in [-0.15, -0.1) is 11.8 Å². The summed E-state index contributed by atoms with van der Waals surface area (Å²) in [6.45, 7) is 2.42. The van der Waals surface area contributed by atoms with Crippen LogP contribution in [0.2, 0.25) is 0 Å². The van der Waals surface area contributed by atoms with Crippen molar-refractivity contribution in [2.45, 2.75) is 56.0 Å². The van der Waals surface area contributed by atoms with Crippen molar-refractivity contribution in [1.29, 1.82) is 0 Å². The highest BCUT2D eigenvalue weighted by atomic mass is 32.2. The molecule has 6 nitrogen and oxygen atoms in total. The molecule has 150 valence electrons. The van der Waals surface area contributed by atoms with E-state index in [4.69, 9.17) is 0 Å². The van der Waals surface area contributed by atoms with Crippen molar-refractivity contribution in [2.24, 2.45) is 7.05 Å². The topological polar surface area (TPSA) is 76.0 Å². The van der Waals surface area contributed by atoms with Gasteiger partial charge in [-0.1, -0.05) is 12.1 Å². The molecule has 2 amide bonds. The summed E-state index contributed by atoms with van der Waals surface area (Å²) in [4.78, 5) is 25.5. The average Bonchev–Trinajstić information content (AvgIpc) is 3.20. The summed E-state index contributed by atoms with van der Waals surface area (Å²) in [6, 6.07) is 8.44. The van der Waals surface area contributed by atoms with Gasteiger partial charge in [0.15, 0.2) is 0 Å². The Bertz CT molecular complexity index is 847. The first-order chi connectivity index (χ1) is 13.4. The molecule has 28 heavy (non-hydrogen) atoms. The fourth-order valence-electron chi connectivity index (χ4n) is 3.77. The van der Waals surface area contributed by atoms with E-state index in [1.165, 1.54) is 10.5 Å². The monoisotopic (exact) mass is 400 g/mol. The molecule has 0 saturated carbocycles. The van der Waals surface area contributed by atoms with E-state index in [-0.39, 0.29) is 17.4 Å². The summed E-state index contributed by atoms with van der Waals surface area (Å²) < 4.78 is 1.75. The molecule has 0 unspecified atom stereocenters. The Kier molecular flexibility index (Phi) is 6.44. The van der Waals surface area contributed by atoms with Gasteiger partial charge in [-0.3, -0.25) is 14.3 Å². The first-order valence-electron chi connectivity index (χ1n) is 9.59. The second-order valence-corrected chi connectivity index (χ2v) is 8.42. The highest BCUT2D eigenvalue weighted by Crippen LogP contribution is 2.30. The van der Waals surface area contributed by atoms with E-state index >= 15 is 0 Å². The van der Waals surface area contributed by atoms with Gasteiger partial charge in [0.25, 0.3) is 0 Å². The van der Waals surface area contributed by atoms with Crippen molar-refractivity contribution in [3.63, 3.8) is 0 Å². The van der Waals surface area contributed by atoms with Crippen molar-refractivity contribution in [3.05, 3.63) is 47.3 Å². The molecule has 0 bridgehead atoms. The minimum absolute atomic E-state index is 0.00140. The predicted octanol–water partition coefficient (Wildman–Crippen LogP) is 2.74. The molecular weight excluding hydrogens is 372 g/mol. The van der Waals surface area contributed by atoms with Crippen molar-refractivity contribution in [2.75, 3.05) is 6.26 Å². The van der Waals surface area contributed by atoms with Crippen molar-refractivity contribution in [3.8, 4) is 0 Å². The Hall–Kier alpha value is -2.28. The molecule has 0 aliphatic carbocycles. The Labute approximate surface area is 170 Å². The normalized spacial score (nSPS) is 18.9. The van der Waals surface area contributed by atoms with Crippen LogP contribution in [0, 0.1) is 6.92 Å². The molecule has 1 atom stereocenters. The van der Waals surface area contributed by atoms with Gasteiger partial charge < -0.3 is 10.6 Å². The smallest absolute Gasteiger partial charge is 0.220 e. The van der Waals surface area contributed by atoms with E-state index in [0.29, 0.717) is 25.8 Å². The van der Waals surface area contributed by atoms with E-state index in [1.807, 2.05) is 20.2 Å². The Morgan fingerprint density at radius 3 is 2.68 bits per heavy atom. The second-order valence-electron chi connectivity index (χ2n) is 7.54. The number of carbonyl (C=O) groups is 2. The number of hydrogen-bond acceptors (Lipinski definition) is 4. The lowest BCUT2D eigenvalue weighted by Crippen LogP contribution is -2.44. The lowest BCUT2D eigenvalue weighted by atomic mass is 9.85. The third kappa shape index (κ3) is 5.16. The minimum Gasteiger partial charge on any atom is -0.352 e. The number of nitrogens with zero attached hydrogens (tertiary/aromatic N) is 2. The maximum absolute atomic E-state index is 12.4. The first-order valence-corrected chi connectivity index (χ1v) is 10.8. The summed E-state index contributed by atoms with van der Waals surface area (Å²) in [5.41, 5.74) is 2.80. The molecule has 0 radical (unpaired) electrons. The number of benzene rings is 1. The van der Waals surface area contributed by atoms with E-state index < -0.39 is 0 Å². The quantitative estimate of drug-likeness (QED) is 0.668. The van der Waals surface area contributed by atoms with Crippen molar-refractivity contribution in [1.82, 2.24) is 20.4 Å². The summed E-state index contributed by atoms with van der Waals surface area (Å²) in [6.07, 6.45) is 7.06. The summed E-state index contributed by atoms with van der Waals surface area (Å²) in [5, 5.41) is 10.4. The fourth-order valence-corrected chi connectivity index (χ4v) is 4.18. The van der Waals surface area contributed by atoms with Crippen LogP contribution in [0.15, 0.2) is 35.4 Å². The van der Waals surface area contributed by atoms with E-state index in [2.05, 4.69) is 46.3 Å². The molecule has 1 aromatic heterocycles. The Balaban J connectivity index is 1.58. The van der Waals surface area contributed by atoms with Crippen LogP contribution in [0.25, 0.3) is 0 Å². The lowest BCUT2D eigenvalue weighted by Gasteiger charge is -2.29. The van der Waals surface area contributed by atoms with Gasteiger partial charge >= 0.3 is 0 Å². The molecule has 0 spiro atoms. The standard InChI is InChI=1S/C21H28N4O2S/c1-15-17(14-25(2)24-15)13-22-19(26)8-10-21(11-9-20(27)23-21)12-16-4-6-18(28-3)7-5-16/h4-7,14H,8-13H2,1-3H3,(H,22,26)(H,23,27)/t21-/m0/s1. The van der Waals surface area contributed by atoms with Crippen LogP contribution in [-0.2, 0) is 29.6 Å². The molecular formula is C21H28N4O2S. The maximum atomic E-state index is 12.4. The van der Waals surface area contributed by atoms with Crippen LogP contribution in [0.5, 0.6) is 0 Å². The van der Waals surface area contributed by atoms with Crippen LogP contribution in [0.3, 0.4) is 0 Å². The maximum Gasteiger partial charge on any atom is 0.220 e. The van der Waals surface area contributed by atoms with Gasteiger partial charge in [0.05, 0.1) is 5.69 Å². The molecule has 3 rings (SSSR count). The Morgan fingerprint density at radius 1 is 1.36 bits per heavy atom. The summed E-state index contributed by atoms with van der Waals surface area (Å²) >= 11 is 1.71. The number of rotatable bonds is 8. The van der Waals surface area contributed by atoms with Gasteiger partial charge in [-0.2, -0.15) is 5.10 Å². The molecule has 1 saturated heterocycles. The molecule has 1 aliphatic rings. The van der Waals surface area contributed by atoms with Crippen LogP contribution >= 0.6 is 11.8 Å². The number of aryl methyl sites for hydroxylation is 2. The summed E-state index contributed by atoms with van der Waals surface area (Å²) in [7, 11) is 1.87. The Morgan fingerprint density at radius 2 is 2.11 bits per heavy atom. The highest BCUT2D eigenvalue weighted by molar-refractivity contribution is 7.98. The van der Waals surface area contributed by atoms with Crippen molar-refractivity contribution < 1.29 is 9.59 Å².